The number of amides is 2. The van der Waals surface area contributed by atoms with E-state index in [0.717, 1.165) is 38.5 Å². The van der Waals surface area contributed by atoms with Crippen molar-refractivity contribution in [1.82, 2.24) is 10.6 Å². The van der Waals surface area contributed by atoms with E-state index in [9.17, 15) is 9.59 Å². The fourth-order valence-electron chi connectivity index (χ4n) is 3.33. The predicted molar refractivity (Wildman–Crippen MR) is 71.9 cm³/mol. The zero-order chi connectivity index (χ0) is 13.8. The maximum Gasteiger partial charge on any atom is 0.315 e. The van der Waals surface area contributed by atoms with Gasteiger partial charge in [0.15, 0.2) is 0 Å². The van der Waals surface area contributed by atoms with Crippen LogP contribution in [0.15, 0.2) is 0 Å². The highest BCUT2D eigenvalue weighted by Gasteiger charge is 2.32. The molecule has 2 aliphatic carbocycles. The van der Waals surface area contributed by atoms with Gasteiger partial charge in [-0.3, -0.25) is 4.79 Å². The monoisotopic (exact) mass is 268 g/mol. The Bertz CT molecular complexity index is 346. The first-order chi connectivity index (χ1) is 9.06. The lowest BCUT2D eigenvalue weighted by atomic mass is 9.84. The Labute approximate surface area is 114 Å². The van der Waals surface area contributed by atoms with Gasteiger partial charge in [0.1, 0.15) is 0 Å². The van der Waals surface area contributed by atoms with Crippen molar-refractivity contribution in [2.75, 3.05) is 0 Å². The van der Waals surface area contributed by atoms with E-state index >= 15 is 0 Å². The highest BCUT2D eigenvalue weighted by Crippen LogP contribution is 2.26. The van der Waals surface area contributed by atoms with Crippen molar-refractivity contribution in [2.24, 2.45) is 11.8 Å². The molecule has 108 valence electrons. The average Bonchev–Trinajstić information content (AvgIpc) is 2.75. The summed E-state index contributed by atoms with van der Waals surface area (Å²) in [5, 5.41) is 15.0. The van der Waals surface area contributed by atoms with Crippen LogP contribution in [0.1, 0.15) is 51.9 Å². The topological polar surface area (TPSA) is 78.4 Å². The number of carbonyl (C=O) groups is 2. The van der Waals surface area contributed by atoms with Gasteiger partial charge in [-0.1, -0.05) is 19.8 Å². The number of carboxylic acid groups (broad SMARTS) is 1. The van der Waals surface area contributed by atoms with Crippen molar-refractivity contribution in [3.63, 3.8) is 0 Å². The summed E-state index contributed by atoms with van der Waals surface area (Å²) in [7, 11) is 0. The molecule has 0 radical (unpaired) electrons. The first kappa shape index (κ1) is 14.2. The Hall–Kier alpha value is -1.26. The van der Waals surface area contributed by atoms with Crippen LogP contribution in [-0.4, -0.2) is 29.2 Å². The molecule has 0 saturated heterocycles. The number of nitrogens with one attached hydrogen (secondary N) is 2. The second-order valence-electron chi connectivity index (χ2n) is 6.07. The highest BCUT2D eigenvalue weighted by molar-refractivity contribution is 5.77. The first-order valence-electron chi connectivity index (χ1n) is 7.36. The molecule has 0 aromatic carbocycles. The lowest BCUT2D eigenvalue weighted by Gasteiger charge is -2.29. The van der Waals surface area contributed by atoms with Gasteiger partial charge in [0.2, 0.25) is 0 Å². The number of hydrogen-bond acceptors (Lipinski definition) is 2. The zero-order valence-electron chi connectivity index (χ0n) is 11.5. The van der Waals surface area contributed by atoms with Crippen LogP contribution in [-0.2, 0) is 4.79 Å². The van der Waals surface area contributed by atoms with E-state index in [1.807, 2.05) is 0 Å². The van der Waals surface area contributed by atoms with E-state index in [0.29, 0.717) is 12.3 Å². The summed E-state index contributed by atoms with van der Waals surface area (Å²) in [6.45, 7) is 2.20. The van der Waals surface area contributed by atoms with Crippen molar-refractivity contribution < 1.29 is 14.7 Å². The number of aliphatic carboxylic acids is 1. The van der Waals surface area contributed by atoms with E-state index in [-0.39, 0.29) is 18.1 Å². The summed E-state index contributed by atoms with van der Waals surface area (Å²) in [6, 6.07) is -0.163. The fraction of sp³-hybridized carbons (Fsp3) is 0.857. The first-order valence-corrected chi connectivity index (χ1v) is 7.36. The minimum absolute atomic E-state index is 0.197. The smallest absolute Gasteiger partial charge is 0.315 e. The average molecular weight is 268 g/mol. The van der Waals surface area contributed by atoms with Crippen LogP contribution in [0.5, 0.6) is 0 Å². The van der Waals surface area contributed by atoms with Crippen LogP contribution in [0.25, 0.3) is 0 Å². The second kappa shape index (κ2) is 6.26. The Morgan fingerprint density at radius 1 is 1.05 bits per heavy atom. The van der Waals surface area contributed by atoms with E-state index in [1.54, 1.807) is 0 Å². The van der Waals surface area contributed by atoms with Gasteiger partial charge in [-0.05, 0) is 38.0 Å². The highest BCUT2D eigenvalue weighted by atomic mass is 16.4. The number of urea groups is 1. The largest absolute Gasteiger partial charge is 0.481 e. The molecule has 3 N–H and O–H groups in total. The zero-order valence-corrected chi connectivity index (χ0v) is 11.5. The minimum atomic E-state index is -0.792. The van der Waals surface area contributed by atoms with Crippen molar-refractivity contribution in [3.8, 4) is 0 Å². The molecule has 2 rings (SSSR count). The Balaban J connectivity index is 1.81. The maximum absolute atomic E-state index is 11.9. The molecule has 5 nitrogen and oxygen atoms in total. The lowest BCUT2D eigenvalue weighted by Crippen LogP contribution is -2.50. The van der Waals surface area contributed by atoms with Gasteiger partial charge < -0.3 is 15.7 Å². The maximum atomic E-state index is 11.9. The Kier molecular flexibility index (Phi) is 4.66. The third kappa shape index (κ3) is 3.85. The molecule has 0 heterocycles. The number of rotatable bonds is 3. The van der Waals surface area contributed by atoms with Crippen LogP contribution in [0, 0.1) is 11.8 Å². The van der Waals surface area contributed by atoms with Crippen LogP contribution < -0.4 is 10.6 Å². The molecule has 0 spiro atoms. The van der Waals surface area contributed by atoms with Gasteiger partial charge in [0, 0.05) is 12.1 Å². The van der Waals surface area contributed by atoms with E-state index in [1.165, 1.54) is 0 Å². The summed E-state index contributed by atoms with van der Waals surface area (Å²) in [4.78, 5) is 23.1. The molecule has 2 amide bonds. The minimum Gasteiger partial charge on any atom is -0.481 e. The van der Waals surface area contributed by atoms with Crippen molar-refractivity contribution in [1.29, 1.82) is 0 Å². The van der Waals surface area contributed by atoms with Crippen LogP contribution in [0.2, 0.25) is 0 Å². The quantitative estimate of drug-likeness (QED) is 0.733. The van der Waals surface area contributed by atoms with Crippen LogP contribution >= 0.6 is 0 Å². The number of hydrogen-bond donors (Lipinski definition) is 3. The van der Waals surface area contributed by atoms with Crippen molar-refractivity contribution in [2.45, 2.75) is 64.0 Å². The van der Waals surface area contributed by atoms with Gasteiger partial charge in [0.25, 0.3) is 0 Å². The van der Waals surface area contributed by atoms with Crippen LogP contribution in [0.4, 0.5) is 4.79 Å². The number of carbonyl (C=O) groups excluding carboxylic acids is 1. The van der Waals surface area contributed by atoms with Gasteiger partial charge in [-0.2, -0.15) is 0 Å². The van der Waals surface area contributed by atoms with Gasteiger partial charge in [0.05, 0.1) is 5.92 Å². The molecule has 2 fully saturated rings. The van der Waals surface area contributed by atoms with Gasteiger partial charge in [-0.15, -0.1) is 0 Å². The molecule has 4 atom stereocenters. The van der Waals surface area contributed by atoms with Crippen molar-refractivity contribution >= 4 is 12.0 Å². The fourth-order valence-corrected chi connectivity index (χ4v) is 3.33. The third-order valence-corrected chi connectivity index (χ3v) is 4.43. The number of carboxylic acids is 1. The Morgan fingerprint density at radius 2 is 1.79 bits per heavy atom. The third-order valence-electron chi connectivity index (χ3n) is 4.43. The normalized spacial score (nSPS) is 34.8. The van der Waals surface area contributed by atoms with E-state index < -0.39 is 11.9 Å². The molecule has 19 heavy (non-hydrogen) atoms. The molecule has 5 heteroatoms. The molecule has 4 unspecified atom stereocenters. The summed E-state index contributed by atoms with van der Waals surface area (Å²) in [5.74, 6) is -0.548. The molecule has 2 saturated carbocycles. The molecule has 0 bridgehead atoms. The summed E-state index contributed by atoms with van der Waals surface area (Å²) in [6.07, 6.45) is 6.59. The SMILES string of the molecule is CC1CCC(NC(=O)NC2CCCCC2C(=O)O)C1. The lowest BCUT2D eigenvalue weighted by molar-refractivity contribution is -0.143. The molecule has 0 aromatic rings. The van der Waals surface area contributed by atoms with Gasteiger partial charge in [-0.25, -0.2) is 4.79 Å². The predicted octanol–water partition coefficient (Wildman–Crippen LogP) is 2.12. The molecule has 0 aliphatic heterocycles. The molecular weight excluding hydrogens is 244 g/mol. The summed E-state index contributed by atoms with van der Waals surface area (Å²) < 4.78 is 0. The standard InChI is InChI=1S/C14H24N2O3/c1-9-6-7-10(8-9)15-14(19)16-12-5-3-2-4-11(12)13(17)18/h9-12H,2-8H2,1H3,(H,17,18)(H2,15,16,19). The second-order valence-corrected chi connectivity index (χ2v) is 6.07. The van der Waals surface area contributed by atoms with Gasteiger partial charge >= 0.3 is 12.0 Å². The van der Waals surface area contributed by atoms with E-state index in [4.69, 9.17) is 5.11 Å². The molecular formula is C14H24N2O3. The van der Waals surface area contributed by atoms with Crippen molar-refractivity contribution in [3.05, 3.63) is 0 Å². The molecule has 2 aliphatic rings. The Morgan fingerprint density at radius 3 is 2.42 bits per heavy atom. The van der Waals surface area contributed by atoms with E-state index in [2.05, 4.69) is 17.6 Å². The summed E-state index contributed by atoms with van der Waals surface area (Å²) in [5.41, 5.74) is 0. The summed E-state index contributed by atoms with van der Waals surface area (Å²) >= 11 is 0. The van der Waals surface area contributed by atoms with Crippen LogP contribution in [0.3, 0.4) is 0 Å². The molecule has 0 aromatic heterocycles.